The molecule has 1 saturated heterocycles. The van der Waals surface area contributed by atoms with E-state index in [1.54, 1.807) is 4.68 Å². The average Bonchev–Trinajstić information content (AvgIpc) is 3.33. The number of amides is 3. The second-order valence-corrected chi connectivity index (χ2v) is 7.55. The third kappa shape index (κ3) is 4.25. The largest absolute Gasteiger partial charge is 0.354 e. The molecule has 30 heavy (non-hydrogen) atoms. The number of para-hydroxylation sites is 1. The first-order chi connectivity index (χ1) is 14.6. The summed E-state index contributed by atoms with van der Waals surface area (Å²) in [6.45, 7) is 0.364. The van der Waals surface area contributed by atoms with Crippen molar-refractivity contribution in [1.82, 2.24) is 25.2 Å². The molecule has 1 N–H and O–H groups in total. The van der Waals surface area contributed by atoms with Gasteiger partial charge in [-0.15, -0.1) is 5.10 Å². The van der Waals surface area contributed by atoms with Crippen LogP contribution in [0.15, 0.2) is 60.7 Å². The van der Waals surface area contributed by atoms with Crippen LogP contribution in [0.2, 0.25) is 0 Å². The highest BCUT2D eigenvalue weighted by Crippen LogP contribution is 2.25. The van der Waals surface area contributed by atoms with Crippen molar-refractivity contribution in [1.29, 1.82) is 0 Å². The number of thioether (sulfide) groups is 1. The first kappa shape index (κ1) is 19.8. The fraction of sp³-hybridized carbons (Fsp3) is 0.190. The van der Waals surface area contributed by atoms with E-state index in [2.05, 4.69) is 15.6 Å². The zero-order chi connectivity index (χ0) is 20.9. The molecule has 3 amide bonds. The van der Waals surface area contributed by atoms with E-state index in [1.807, 2.05) is 60.7 Å². The lowest BCUT2D eigenvalue weighted by Gasteiger charge is -2.13. The van der Waals surface area contributed by atoms with Crippen LogP contribution in [0.1, 0.15) is 5.69 Å². The minimum atomic E-state index is -0.272. The van der Waals surface area contributed by atoms with E-state index in [-0.39, 0.29) is 42.3 Å². The Morgan fingerprint density at radius 1 is 1.03 bits per heavy atom. The second kappa shape index (κ2) is 8.91. The number of nitrogens with one attached hydrogen (secondary N) is 1. The minimum Gasteiger partial charge on any atom is -0.354 e. The molecule has 0 radical (unpaired) electrons. The second-order valence-electron chi connectivity index (χ2n) is 6.62. The fourth-order valence-corrected chi connectivity index (χ4v) is 3.94. The van der Waals surface area contributed by atoms with Gasteiger partial charge in [0.2, 0.25) is 11.8 Å². The van der Waals surface area contributed by atoms with Gasteiger partial charge in [0, 0.05) is 18.7 Å². The molecule has 0 atom stereocenters. The van der Waals surface area contributed by atoms with Crippen LogP contribution in [0, 0.1) is 0 Å². The Bertz CT molecular complexity index is 1050. The summed E-state index contributed by atoms with van der Waals surface area (Å²) >= 11 is 0.979. The van der Waals surface area contributed by atoms with Gasteiger partial charge in [-0.1, -0.05) is 65.5 Å². The van der Waals surface area contributed by atoms with Crippen LogP contribution in [0.3, 0.4) is 0 Å². The smallest absolute Gasteiger partial charge is 0.288 e. The van der Waals surface area contributed by atoms with Crippen molar-refractivity contribution in [2.45, 2.75) is 6.42 Å². The van der Waals surface area contributed by atoms with Crippen LogP contribution in [0.5, 0.6) is 0 Å². The Labute approximate surface area is 177 Å². The SMILES string of the molecule is O=C(Cc1nnn(-c2ccccc2)c1-c1ccccc1)NCCN1C(=O)CSC1=O. The van der Waals surface area contributed by atoms with Crippen molar-refractivity contribution in [2.75, 3.05) is 18.8 Å². The Hall–Kier alpha value is -3.46. The zero-order valence-corrected chi connectivity index (χ0v) is 16.8. The molecular formula is C21H19N5O3S. The van der Waals surface area contributed by atoms with Crippen LogP contribution in [-0.2, 0) is 16.0 Å². The number of benzene rings is 2. The normalized spacial score (nSPS) is 13.7. The van der Waals surface area contributed by atoms with Crippen molar-refractivity contribution in [3.05, 3.63) is 66.4 Å². The predicted molar refractivity (Wildman–Crippen MR) is 113 cm³/mol. The molecule has 0 saturated carbocycles. The number of rotatable bonds is 7. The third-order valence-corrected chi connectivity index (χ3v) is 5.47. The topological polar surface area (TPSA) is 97.2 Å². The lowest BCUT2D eigenvalue weighted by Crippen LogP contribution is -2.38. The lowest BCUT2D eigenvalue weighted by atomic mass is 10.1. The number of hydrogen-bond donors (Lipinski definition) is 1. The first-order valence-electron chi connectivity index (χ1n) is 9.43. The van der Waals surface area contributed by atoms with Gasteiger partial charge in [-0.25, -0.2) is 4.68 Å². The van der Waals surface area contributed by atoms with E-state index in [4.69, 9.17) is 0 Å². The van der Waals surface area contributed by atoms with Gasteiger partial charge in [-0.05, 0) is 12.1 Å². The number of carbonyl (C=O) groups excluding carboxylic acids is 3. The van der Waals surface area contributed by atoms with Crippen molar-refractivity contribution in [3.63, 3.8) is 0 Å². The quantitative estimate of drug-likeness (QED) is 0.629. The summed E-state index contributed by atoms with van der Waals surface area (Å²) in [5.41, 5.74) is 3.04. The highest BCUT2D eigenvalue weighted by atomic mass is 32.2. The van der Waals surface area contributed by atoms with Crippen molar-refractivity contribution in [2.24, 2.45) is 0 Å². The lowest BCUT2D eigenvalue weighted by molar-refractivity contribution is -0.125. The Morgan fingerprint density at radius 2 is 1.73 bits per heavy atom. The molecule has 4 rings (SSSR count). The zero-order valence-electron chi connectivity index (χ0n) is 16.0. The minimum absolute atomic E-state index is 0.0354. The monoisotopic (exact) mass is 421 g/mol. The summed E-state index contributed by atoms with van der Waals surface area (Å²) in [7, 11) is 0. The van der Waals surface area contributed by atoms with E-state index in [1.165, 1.54) is 0 Å². The van der Waals surface area contributed by atoms with Gasteiger partial charge in [-0.3, -0.25) is 19.3 Å². The van der Waals surface area contributed by atoms with E-state index in [0.29, 0.717) is 5.69 Å². The van der Waals surface area contributed by atoms with Crippen LogP contribution in [-0.4, -0.2) is 55.8 Å². The molecule has 2 aromatic carbocycles. The standard InChI is InChI=1S/C21H19N5O3S/c27-18(22-11-12-25-19(28)14-30-21(25)29)13-17-20(15-7-3-1-4-8-15)26(24-23-17)16-9-5-2-6-10-16/h1-10H,11-14H2,(H,22,27). The molecule has 0 bridgehead atoms. The molecular weight excluding hydrogens is 402 g/mol. The number of imide groups is 1. The molecule has 3 aromatic rings. The maximum absolute atomic E-state index is 12.5. The number of nitrogens with zero attached hydrogens (tertiary/aromatic N) is 4. The van der Waals surface area contributed by atoms with Gasteiger partial charge in [-0.2, -0.15) is 0 Å². The van der Waals surface area contributed by atoms with Gasteiger partial charge in [0.15, 0.2) is 0 Å². The Balaban J connectivity index is 1.50. The van der Waals surface area contributed by atoms with Crippen molar-refractivity contribution < 1.29 is 14.4 Å². The Morgan fingerprint density at radius 3 is 2.40 bits per heavy atom. The maximum atomic E-state index is 12.5. The van der Waals surface area contributed by atoms with Gasteiger partial charge in [0.05, 0.1) is 23.6 Å². The number of hydrogen-bond acceptors (Lipinski definition) is 6. The molecule has 0 spiro atoms. The van der Waals surface area contributed by atoms with Crippen molar-refractivity contribution >= 4 is 28.8 Å². The maximum Gasteiger partial charge on any atom is 0.288 e. The van der Waals surface area contributed by atoms with E-state index in [9.17, 15) is 14.4 Å². The van der Waals surface area contributed by atoms with Crippen molar-refractivity contribution in [3.8, 4) is 16.9 Å². The molecule has 1 aliphatic heterocycles. The number of aromatic nitrogens is 3. The highest BCUT2D eigenvalue weighted by Gasteiger charge is 2.29. The summed E-state index contributed by atoms with van der Waals surface area (Å²) in [6.07, 6.45) is 0.0354. The molecule has 0 unspecified atom stereocenters. The molecule has 1 fully saturated rings. The van der Waals surface area contributed by atoms with Gasteiger partial charge < -0.3 is 5.32 Å². The Kier molecular flexibility index (Phi) is 5.89. The molecule has 8 nitrogen and oxygen atoms in total. The molecule has 2 heterocycles. The average molecular weight is 421 g/mol. The van der Waals surface area contributed by atoms with E-state index in [0.717, 1.165) is 33.6 Å². The summed E-state index contributed by atoms with van der Waals surface area (Å²) < 4.78 is 1.72. The van der Waals surface area contributed by atoms with Gasteiger partial charge in [0.25, 0.3) is 5.24 Å². The molecule has 1 aromatic heterocycles. The van der Waals surface area contributed by atoms with Gasteiger partial charge >= 0.3 is 0 Å². The predicted octanol–water partition coefficient (Wildman–Crippen LogP) is 2.29. The molecule has 152 valence electrons. The summed E-state index contributed by atoms with van der Waals surface area (Å²) in [6, 6.07) is 19.3. The fourth-order valence-electron chi connectivity index (χ4n) is 3.19. The molecule has 1 aliphatic rings. The van der Waals surface area contributed by atoms with Crippen LogP contribution in [0.25, 0.3) is 16.9 Å². The number of carbonyl (C=O) groups is 3. The first-order valence-corrected chi connectivity index (χ1v) is 10.4. The summed E-state index contributed by atoms with van der Waals surface area (Å²) in [5, 5.41) is 11.0. The highest BCUT2D eigenvalue weighted by molar-refractivity contribution is 8.14. The third-order valence-electron chi connectivity index (χ3n) is 4.61. The van der Waals surface area contributed by atoms with Crippen LogP contribution >= 0.6 is 11.8 Å². The van der Waals surface area contributed by atoms with Crippen LogP contribution in [0.4, 0.5) is 4.79 Å². The van der Waals surface area contributed by atoms with Crippen LogP contribution < -0.4 is 5.32 Å². The van der Waals surface area contributed by atoms with E-state index >= 15 is 0 Å². The molecule has 0 aliphatic carbocycles. The molecule has 9 heteroatoms. The van der Waals surface area contributed by atoms with Gasteiger partial charge in [0.1, 0.15) is 5.69 Å². The van der Waals surface area contributed by atoms with E-state index < -0.39 is 0 Å². The summed E-state index contributed by atoms with van der Waals surface area (Å²) in [4.78, 5) is 36.9. The summed E-state index contributed by atoms with van der Waals surface area (Å²) in [5.74, 6) is -0.314.